The third-order valence-electron chi connectivity index (χ3n) is 4.37. The van der Waals surface area contributed by atoms with Gasteiger partial charge in [0.15, 0.2) is 0 Å². The maximum Gasteiger partial charge on any atom is 0.128 e. The zero-order valence-corrected chi connectivity index (χ0v) is 13.2. The summed E-state index contributed by atoms with van der Waals surface area (Å²) in [5.74, 6) is 2.37. The molecule has 0 aliphatic heterocycles. The Morgan fingerprint density at radius 1 is 1.25 bits per heavy atom. The van der Waals surface area contributed by atoms with Crippen LogP contribution in [0.5, 0.6) is 0 Å². The van der Waals surface area contributed by atoms with Gasteiger partial charge in [-0.1, -0.05) is 33.1 Å². The minimum atomic E-state index is 0.448. The molecule has 3 nitrogen and oxygen atoms in total. The van der Waals surface area contributed by atoms with Crippen LogP contribution in [0.1, 0.15) is 63.1 Å². The van der Waals surface area contributed by atoms with Crippen molar-refractivity contribution in [2.75, 3.05) is 18.5 Å². The van der Waals surface area contributed by atoms with E-state index in [4.69, 9.17) is 10.7 Å². The van der Waals surface area contributed by atoms with Crippen LogP contribution in [-0.4, -0.2) is 18.6 Å². The molecule has 1 aromatic rings. The molecule has 0 saturated heterocycles. The Kier molecular flexibility index (Phi) is 5.41. The molecule has 1 aliphatic rings. The van der Waals surface area contributed by atoms with Crippen molar-refractivity contribution in [1.29, 1.82) is 0 Å². The van der Waals surface area contributed by atoms with Crippen LogP contribution in [0.4, 0.5) is 5.82 Å². The van der Waals surface area contributed by atoms with E-state index in [1.807, 2.05) is 0 Å². The van der Waals surface area contributed by atoms with Gasteiger partial charge in [-0.3, -0.25) is 0 Å². The Bertz CT molecular complexity index is 422. The SMILES string of the molecule is CC(C)c1cc(CN)cc(N(C)CC2CCCCC2)n1. The van der Waals surface area contributed by atoms with Crippen LogP contribution < -0.4 is 10.6 Å². The Morgan fingerprint density at radius 2 is 1.95 bits per heavy atom. The standard InChI is InChI=1S/C17H29N3/c1-13(2)16-9-15(11-18)10-17(19-16)20(3)12-14-7-5-4-6-8-14/h9-10,13-14H,4-8,11-12,18H2,1-3H3. The van der Waals surface area contributed by atoms with E-state index in [1.54, 1.807) is 0 Å². The van der Waals surface area contributed by atoms with E-state index in [0.717, 1.165) is 24.0 Å². The smallest absolute Gasteiger partial charge is 0.128 e. The molecule has 1 aromatic heterocycles. The molecule has 0 atom stereocenters. The minimum Gasteiger partial charge on any atom is -0.359 e. The molecule has 2 N–H and O–H groups in total. The molecule has 2 rings (SSSR count). The van der Waals surface area contributed by atoms with Crippen molar-refractivity contribution in [2.24, 2.45) is 11.7 Å². The first-order valence-corrected chi connectivity index (χ1v) is 8.02. The first kappa shape index (κ1) is 15.3. The van der Waals surface area contributed by atoms with Gasteiger partial charge >= 0.3 is 0 Å². The van der Waals surface area contributed by atoms with Crippen molar-refractivity contribution in [3.05, 3.63) is 23.4 Å². The van der Waals surface area contributed by atoms with Gasteiger partial charge in [0.1, 0.15) is 5.82 Å². The van der Waals surface area contributed by atoms with Gasteiger partial charge in [0.25, 0.3) is 0 Å². The van der Waals surface area contributed by atoms with Gasteiger partial charge in [-0.2, -0.15) is 0 Å². The number of hydrogen-bond acceptors (Lipinski definition) is 3. The molecule has 0 spiro atoms. The molecular formula is C17H29N3. The summed E-state index contributed by atoms with van der Waals surface area (Å²) < 4.78 is 0. The van der Waals surface area contributed by atoms with E-state index >= 15 is 0 Å². The summed E-state index contributed by atoms with van der Waals surface area (Å²) in [5.41, 5.74) is 8.17. The fourth-order valence-corrected chi connectivity index (χ4v) is 3.05. The lowest BCUT2D eigenvalue weighted by Gasteiger charge is -2.28. The van der Waals surface area contributed by atoms with E-state index < -0.39 is 0 Å². The Balaban J connectivity index is 2.11. The summed E-state index contributed by atoms with van der Waals surface area (Å²) in [6.45, 7) is 6.09. The van der Waals surface area contributed by atoms with Crippen molar-refractivity contribution in [3.63, 3.8) is 0 Å². The van der Waals surface area contributed by atoms with Crippen LogP contribution in [0.2, 0.25) is 0 Å². The largest absolute Gasteiger partial charge is 0.359 e. The van der Waals surface area contributed by atoms with Gasteiger partial charge in [0.2, 0.25) is 0 Å². The fourth-order valence-electron chi connectivity index (χ4n) is 3.05. The normalized spacial score (nSPS) is 16.6. The van der Waals surface area contributed by atoms with Crippen LogP contribution in [-0.2, 0) is 6.54 Å². The van der Waals surface area contributed by atoms with E-state index in [9.17, 15) is 0 Å². The molecule has 0 unspecified atom stereocenters. The van der Waals surface area contributed by atoms with Crippen molar-refractivity contribution < 1.29 is 0 Å². The molecule has 3 heteroatoms. The van der Waals surface area contributed by atoms with Gasteiger partial charge in [-0.05, 0) is 42.4 Å². The topological polar surface area (TPSA) is 42.1 Å². The highest BCUT2D eigenvalue weighted by Gasteiger charge is 2.17. The van der Waals surface area contributed by atoms with E-state index in [-0.39, 0.29) is 0 Å². The number of aromatic nitrogens is 1. The van der Waals surface area contributed by atoms with Crippen LogP contribution >= 0.6 is 0 Å². The monoisotopic (exact) mass is 275 g/mol. The highest BCUT2D eigenvalue weighted by Crippen LogP contribution is 2.26. The van der Waals surface area contributed by atoms with Crippen LogP contribution in [0.3, 0.4) is 0 Å². The van der Waals surface area contributed by atoms with Gasteiger partial charge in [-0.25, -0.2) is 4.98 Å². The van der Waals surface area contributed by atoms with E-state index in [2.05, 4.69) is 37.9 Å². The Hall–Kier alpha value is -1.09. The molecule has 0 aromatic carbocycles. The van der Waals surface area contributed by atoms with Gasteiger partial charge in [0, 0.05) is 25.8 Å². The average Bonchev–Trinajstić information content (AvgIpc) is 2.47. The minimum absolute atomic E-state index is 0.448. The number of nitrogens with two attached hydrogens (primary N) is 1. The second-order valence-electron chi connectivity index (χ2n) is 6.50. The molecule has 1 heterocycles. The predicted octanol–water partition coefficient (Wildman–Crippen LogP) is 3.68. The number of pyridine rings is 1. The number of nitrogens with zero attached hydrogens (tertiary/aromatic N) is 2. The zero-order valence-electron chi connectivity index (χ0n) is 13.2. The second-order valence-corrected chi connectivity index (χ2v) is 6.50. The van der Waals surface area contributed by atoms with Gasteiger partial charge in [-0.15, -0.1) is 0 Å². The summed E-state index contributed by atoms with van der Waals surface area (Å²) >= 11 is 0. The summed E-state index contributed by atoms with van der Waals surface area (Å²) in [4.78, 5) is 7.14. The van der Waals surface area contributed by atoms with Crippen molar-refractivity contribution >= 4 is 5.82 Å². The van der Waals surface area contributed by atoms with E-state index in [1.165, 1.54) is 37.7 Å². The number of rotatable bonds is 5. The fraction of sp³-hybridized carbons (Fsp3) is 0.706. The lowest BCUT2D eigenvalue weighted by Crippen LogP contribution is -2.28. The number of anilines is 1. The van der Waals surface area contributed by atoms with Crippen LogP contribution in [0, 0.1) is 5.92 Å². The summed E-state index contributed by atoms with van der Waals surface area (Å²) in [7, 11) is 2.17. The molecule has 1 fully saturated rings. The molecule has 0 radical (unpaired) electrons. The Labute approximate surface area is 123 Å². The highest BCUT2D eigenvalue weighted by atomic mass is 15.2. The molecule has 1 saturated carbocycles. The lowest BCUT2D eigenvalue weighted by atomic mass is 9.89. The lowest BCUT2D eigenvalue weighted by molar-refractivity contribution is 0.361. The average molecular weight is 275 g/mol. The van der Waals surface area contributed by atoms with Crippen molar-refractivity contribution in [3.8, 4) is 0 Å². The highest BCUT2D eigenvalue weighted by molar-refractivity contribution is 5.42. The first-order chi connectivity index (χ1) is 9.60. The molecule has 0 amide bonds. The van der Waals surface area contributed by atoms with Crippen molar-refractivity contribution in [1.82, 2.24) is 4.98 Å². The molecular weight excluding hydrogens is 246 g/mol. The maximum atomic E-state index is 5.83. The number of hydrogen-bond donors (Lipinski definition) is 1. The van der Waals surface area contributed by atoms with Gasteiger partial charge in [0.05, 0.1) is 0 Å². The second kappa shape index (κ2) is 7.07. The van der Waals surface area contributed by atoms with Crippen LogP contribution in [0.25, 0.3) is 0 Å². The summed E-state index contributed by atoms with van der Waals surface area (Å²) in [5, 5.41) is 0. The van der Waals surface area contributed by atoms with Crippen LogP contribution in [0.15, 0.2) is 12.1 Å². The maximum absolute atomic E-state index is 5.83. The Morgan fingerprint density at radius 3 is 2.55 bits per heavy atom. The summed E-state index contributed by atoms with van der Waals surface area (Å²) in [6.07, 6.45) is 6.95. The molecule has 1 aliphatic carbocycles. The first-order valence-electron chi connectivity index (χ1n) is 8.02. The summed E-state index contributed by atoms with van der Waals surface area (Å²) in [6, 6.07) is 4.29. The molecule has 0 bridgehead atoms. The van der Waals surface area contributed by atoms with Gasteiger partial charge < -0.3 is 10.6 Å². The third-order valence-corrected chi connectivity index (χ3v) is 4.37. The molecule has 112 valence electrons. The van der Waals surface area contributed by atoms with Crippen molar-refractivity contribution in [2.45, 2.75) is 58.4 Å². The predicted molar refractivity (Wildman–Crippen MR) is 86.1 cm³/mol. The zero-order chi connectivity index (χ0) is 14.5. The molecule has 20 heavy (non-hydrogen) atoms. The third kappa shape index (κ3) is 3.95. The quantitative estimate of drug-likeness (QED) is 0.891. The van der Waals surface area contributed by atoms with E-state index in [0.29, 0.717) is 12.5 Å².